The van der Waals surface area contributed by atoms with Crippen molar-refractivity contribution in [1.82, 2.24) is 0 Å². The Bertz CT molecular complexity index is 420. The zero-order chi connectivity index (χ0) is 9.26. The molecule has 0 unspecified atom stereocenters. The van der Waals surface area contributed by atoms with Crippen molar-refractivity contribution in [2.24, 2.45) is 5.90 Å². The molecule has 0 aliphatic rings. The van der Waals surface area contributed by atoms with Gasteiger partial charge in [-0.05, 0) is 13.0 Å². The second-order valence-corrected chi connectivity index (χ2v) is 3.00. The zero-order valence-corrected chi connectivity index (χ0v) is 7.41. The van der Waals surface area contributed by atoms with Crippen molar-refractivity contribution < 1.29 is 9.25 Å². The first-order chi connectivity index (χ1) is 6.31. The van der Waals surface area contributed by atoms with E-state index in [1.54, 1.807) is 0 Å². The van der Waals surface area contributed by atoms with Gasteiger partial charge < -0.3 is 4.42 Å². The van der Waals surface area contributed by atoms with E-state index in [0.717, 1.165) is 22.3 Å². The molecule has 0 bridgehead atoms. The molecule has 0 atom stereocenters. The minimum atomic E-state index is 0.379. The zero-order valence-electron chi connectivity index (χ0n) is 7.41. The molecule has 0 spiro atoms. The van der Waals surface area contributed by atoms with Crippen molar-refractivity contribution in [3.63, 3.8) is 0 Å². The number of nitrogens with two attached hydrogens (primary N) is 1. The van der Waals surface area contributed by atoms with Crippen LogP contribution in [0.1, 0.15) is 11.3 Å². The Balaban J connectivity index is 2.60. The molecular formula is C10H11NO2. The van der Waals surface area contributed by atoms with Crippen LogP contribution in [0.5, 0.6) is 0 Å². The smallest absolute Gasteiger partial charge is 0.139 e. The maximum Gasteiger partial charge on any atom is 0.139 e. The molecule has 2 N–H and O–H groups in total. The maximum absolute atomic E-state index is 5.52. The van der Waals surface area contributed by atoms with Crippen molar-refractivity contribution in [3.8, 4) is 0 Å². The summed E-state index contributed by atoms with van der Waals surface area (Å²) in [5, 5.41) is 1.09. The fourth-order valence-electron chi connectivity index (χ4n) is 1.46. The van der Waals surface area contributed by atoms with E-state index >= 15 is 0 Å². The molecule has 2 rings (SSSR count). The van der Waals surface area contributed by atoms with Crippen molar-refractivity contribution in [3.05, 3.63) is 35.6 Å². The third kappa shape index (κ3) is 1.43. The second kappa shape index (κ2) is 3.20. The Hall–Kier alpha value is -1.32. The van der Waals surface area contributed by atoms with E-state index in [2.05, 4.69) is 4.84 Å². The number of fused-ring (bicyclic) bond motifs is 1. The van der Waals surface area contributed by atoms with E-state index in [9.17, 15) is 0 Å². The Kier molecular flexibility index (Phi) is 2.04. The van der Waals surface area contributed by atoms with Gasteiger partial charge in [0, 0.05) is 10.9 Å². The van der Waals surface area contributed by atoms with Crippen LogP contribution in [-0.4, -0.2) is 0 Å². The van der Waals surface area contributed by atoms with Crippen molar-refractivity contribution in [1.29, 1.82) is 0 Å². The van der Waals surface area contributed by atoms with Gasteiger partial charge in [0.05, 0.1) is 6.61 Å². The lowest BCUT2D eigenvalue weighted by Gasteiger charge is -1.98. The van der Waals surface area contributed by atoms with Gasteiger partial charge in [-0.2, -0.15) is 0 Å². The van der Waals surface area contributed by atoms with Gasteiger partial charge in [-0.1, -0.05) is 18.2 Å². The quantitative estimate of drug-likeness (QED) is 0.715. The van der Waals surface area contributed by atoms with Crippen LogP contribution in [0, 0.1) is 6.92 Å². The highest BCUT2D eigenvalue weighted by atomic mass is 16.6. The van der Waals surface area contributed by atoms with Crippen LogP contribution in [0.2, 0.25) is 0 Å². The molecule has 0 fully saturated rings. The second-order valence-electron chi connectivity index (χ2n) is 3.00. The van der Waals surface area contributed by atoms with E-state index in [0.29, 0.717) is 6.61 Å². The molecule has 1 aromatic carbocycles. The molecule has 2 aromatic rings. The average molecular weight is 177 g/mol. The van der Waals surface area contributed by atoms with E-state index in [1.165, 1.54) is 0 Å². The van der Waals surface area contributed by atoms with Crippen LogP contribution in [0.15, 0.2) is 28.7 Å². The SMILES string of the molecule is Cc1cc2cccc(CON)c2o1. The molecule has 0 aliphatic carbocycles. The van der Waals surface area contributed by atoms with Gasteiger partial charge in [0.2, 0.25) is 0 Å². The minimum absolute atomic E-state index is 0.379. The Labute approximate surface area is 76.0 Å². The van der Waals surface area contributed by atoms with Gasteiger partial charge in [0.15, 0.2) is 0 Å². The Morgan fingerprint density at radius 3 is 3.08 bits per heavy atom. The van der Waals surface area contributed by atoms with Crippen LogP contribution >= 0.6 is 0 Å². The number of hydrogen-bond donors (Lipinski definition) is 1. The highest BCUT2D eigenvalue weighted by molar-refractivity contribution is 5.80. The lowest BCUT2D eigenvalue weighted by Crippen LogP contribution is -1.98. The predicted molar refractivity (Wildman–Crippen MR) is 49.9 cm³/mol. The number of furan rings is 1. The lowest BCUT2D eigenvalue weighted by atomic mass is 10.2. The monoisotopic (exact) mass is 177 g/mol. The standard InChI is InChI=1S/C10H11NO2/c1-7-5-8-3-2-4-9(6-12-11)10(8)13-7/h2-5H,6,11H2,1H3. The summed E-state index contributed by atoms with van der Waals surface area (Å²) < 4.78 is 5.52. The van der Waals surface area contributed by atoms with E-state index in [1.807, 2.05) is 31.2 Å². The predicted octanol–water partition coefficient (Wildman–Crippen LogP) is 2.13. The molecule has 0 aliphatic heterocycles. The van der Waals surface area contributed by atoms with E-state index < -0.39 is 0 Å². The highest BCUT2D eigenvalue weighted by Gasteiger charge is 2.04. The third-order valence-corrected chi connectivity index (χ3v) is 1.99. The summed E-state index contributed by atoms with van der Waals surface area (Å²) in [4.78, 5) is 4.59. The molecule has 1 aromatic heterocycles. The maximum atomic E-state index is 5.52. The third-order valence-electron chi connectivity index (χ3n) is 1.99. The lowest BCUT2D eigenvalue weighted by molar-refractivity contribution is 0.124. The van der Waals surface area contributed by atoms with Crippen molar-refractivity contribution in [2.45, 2.75) is 13.5 Å². The van der Waals surface area contributed by atoms with Gasteiger partial charge in [0.1, 0.15) is 11.3 Å². The molecule has 0 amide bonds. The van der Waals surface area contributed by atoms with Gasteiger partial charge >= 0.3 is 0 Å². The topological polar surface area (TPSA) is 48.4 Å². The van der Waals surface area contributed by atoms with Crippen LogP contribution in [0.4, 0.5) is 0 Å². The largest absolute Gasteiger partial charge is 0.461 e. The first-order valence-electron chi connectivity index (χ1n) is 4.11. The van der Waals surface area contributed by atoms with Gasteiger partial charge in [-0.3, -0.25) is 4.84 Å². The van der Waals surface area contributed by atoms with Crippen molar-refractivity contribution >= 4 is 11.0 Å². The summed E-state index contributed by atoms with van der Waals surface area (Å²) in [5.41, 5.74) is 1.85. The van der Waals surface area contributed by atoms with E-state index in [4.69, 9.17) is 10.3 Å². The van der Waals surface area contributed by atoms with Crippen LogP contribution in [0.3, 0.4) is 0 Å². The summed E-state index contributed by atoms with van der Waals surface area (Å²) in [7, 11) is 0. The normalized spacial score (nSPS) is 10.9. The fraction of sp³-hybridized carbons (Fsp3) is 0.200. The minimum Gasteiger partial charge on any atom is -0.461 e. The van der Waals surface area contributed by atoms with E-state index in [-0.39, 0.29) is 0 Å². The van der Waals surface area contributed by atoms with Crippen LogP contribution in [-0.2, 0) is 11.4 Å². The Morgan fingerprint density at radius 2 is 2.31 bits per heavy atom. The van der Waals surface area contributed by atoms with Gasteiger partial charge in [-0.15, -0.1) is 0 Å². The first-order valence-corrected chi connectivity index (χ1v) is 4.11. The number of rotatable bonds is 2. The van der Waals surface area contributed by atoms with Crippen molar-refractivity contribution in [2.75, 3.05) is 0 Å². The van der Waals surface area contributed by atoms with Gasteiger partial charge in [0.25, 0.3) is 0 Å². The summed E-state index contributed by atoms with van der Waals surface area (Å²) in [6.45, 7) is 2.30. The van der Waals surface area contributed by atoms with Crippen LogP contribution < -0.4 is 5.90 Å². The summed E-state index contributed by atoms with van der Waals surface area (Å²) in [6.07, 6.45) is 0. The molecule has 13 heavy (non-hydrogen) atoms. The molecule has 3 heteroatoms. The fourth-order valence-corrected chi connectivity index (χ4v) is 1.46. The summed E-state index contributed by atoms with van der Waals surface area (Å²) in [6, 6.07) is 7.91. The summed E-state index contributed by atoms with van der Waals surface area (Å²) in [5.74, 6) is 5.92. The number of para-hydroxylation sites is 1. The molecule has 3 nitrogen and oxygen atoms in total. The molecule has 0 radical (unpaired) electrons. The molecule has 68 valence electrons. The molecule has 0 saturated heterocycles. The summed E-state index contributed by atoms with van der Waals surface area (Å²) >= 11 is 0. The number of aryl methyl sites for hydroxylation is 1. The average Bonchev–Trinajstić information content (AvgIpc) is 2.47. The highest BCUT2D eigenvalue weighted by Crippen LogP contribution is 2.22. The Morgan fingerprint density at radius 1 is 1.46 bits per heavy atom. The molecular weight excluding hydrogens is 166 g/mol. The first kappa shape index (κ1) is 8.29. The number of benzene rings is 1. The molecule has 1 heterocycles. The van der Waals surface area contributed by atoms with Crippen LogP contribution in [0.25, 0.3) is 11.0 Å². The molecule has 0 saturated carbocycles. The van der Waals surface area contributed by atoms with Gasteiger partial charge in [-0.25, -0.2) is 5.90 Å². The number of hydrogen-bond acceptors (Lipinski definition) is 3.